The summed E-state index contributed by atoms with van der Waals surface area (Å²) >= 11 is 0. The first-order chi connectivity index (χ1) is 5.68. The van der Waals surface area contributed by atoms with E-state index in [1.54, 1.807) is 0 Å². The summed E-state index contributed by atoms with van der Waals surface area (Å²) in [6, 6.07) is 2.28. The smallest absolute Gasteiger partial charge is 0.0693 e. The molecule has 1 rings (SSSR count). The molecule has 68 valence electrons. The first-order valence-electron chi connectivity index (χ1n) is 4.35. The number of nitrogens with zero attached hydrogens (tertiary/aromatic N) is 1. The van der Waals surface area contributed by atoms with Crippen LogP contribution in [-0.2, 0) is 0 Å². The summed E-state index contributed by atoms with van der Waals surface area (Å²) in [4.78, 5) is 0. The summed E-state index contributed by atoms with van der Waals surface area (Å²) in [6.07, 6.45) is 6.89. The van der Waals surface area contributed by atoms with Crippen LogP contribution < -0.4 is 0 Å². The highest BCUT2D eigenvalue weighted by Gasteiger charge is 2.23. The van der Waals surface area contributed by atoms with E-state index in [0.29, 0.717) is 6.61 Å². The third-order valence-corrected chi connectivity index (χ3v) is 1.80. The Kier molecular flexibility index (Phi) is 5.40. The second-order valence-corrected chi connectivity index (χ2v) is 3.28. The van der Waals surface area contributed by atoms with Gasteiger partial charge in [-0.2, -0.15) is 5.26 Å². The summed E-state index contributed by atoms with van der Waals surface area (Å²) < 4.78 is 0. The van der Waals surface area contributed by atoms with E-state index in [2.05, 4.69) is 18.2 Å². The Morgan fingerprint density at radius 3 is 2.08 bits per heavy atom. The number of rotatable bonds is 1. The minimum Gasteiger partial charge on any atom is -0.396 e. The lowest BCUT2D eigenvalue weighted by Gasteiger charge is -2.10. The molecule has 0 aliphatic heterocycles. The molecule has 0 unspecified atom stereocenters. The van der Waals surface area contributed by atoms with Gasteiger partial charge in [-0.25, -0.2) is 0 Å². The van der Waals surface area contributed by atoms with Gasteiger partial charge in [0.1, 0.15) is 0 Å². The van der Waals surface area contributed by atoms with Gasteiger partial charge in [0.15, 0.2) is 0 Å². The molecule has 0 aromatic carbocycles. The van der Waals surface area contributed by atoms with E-state index in [1.165, 1.54) is 0 Å². The molecule has 0 aromatic heterocycles. The van der Waals surface area contributed by atoms with Crippen LogP contribution in [0.1, 0.15) is 33.1 Å². The van der Waals surface area contributed by atoms with Crippen molar-refractivity contribution in [3.63, 3.8) is 0 Å². The minimum atomic E-state index is -0.0694. The molecule has 0 fully saturated rings. The molecule has 0 saturated heterocycles. The Labute approximate surface area is 74.5 Å². The molecule has 0 bridgehead atoms. The summed E-state index contributed by atoms with van der Waals surface area (Å²) in [6.45, 7) is 4.24. The van der Waals surface area contributed by atoms with Gasteiger partial charge < -0.3 is 5.11 Å². The number of hydrogen-bond acceptors (Lipinski definition) is 2. The predicted octanol–water partition coefficient (Wildman–Crippen LogP) is 2.25. The Bertz CT molecular complexity index is 169. The van der Waals surface area contributed by atoms with Crippen molar-refractivity contribution < 1.29 is 5.11 Å². The van der Waals surface area contributed by atoms with Crippen LogP contribution in [0.2, 0.25) is 0 Å². The summed E-state index contributed by atoms with van der Waals surface area (Å²) in [5.41, 5.74) is -0.0694. The van der Waals surface area contributed by atoms with E-state index in [1.807, 2.05) is 13.8 Å². The highest BCUT2D eigenvalue weighted by molar-refractivity contribution is 5.10. The molecule has 12 heavy (non-hydrogen) atoms. The first kappa shape index (κ1) is 11.2. The van der Waals surface area contributed by atoms with E-state index >= 15 is 0 Å². The van der Waals surface area contributed by atoms with E-state index in [0.717, 1.165) is 19.3 Å². The van der Waals surface area contributed by atoms with Gasteiger partial charge in [-0.15, -0.1) is 0 Å². The van der Waals surface area contributed by atoms with E-state index < -0.39 is 0 Å². The molecular weight excluding hydrogens is 150 g/mol. The second-order valence-electron chi connectivity index (χ2n) is 3.28. The van der Waals surface area contributed by atoms with Crippen molar-refractivity contribution in [3.05, 3.63) is 12.2 Å². The van der Waals surface area contributed by atoms with Crippen LogP contribution in [0.3, 0.4) is 0 Å². The fourth-order valence-corrected chi connectivity index (χ4v) is 0.862. The van der Waals surface area contributed by atoms with Gasteiger partial charge >= 0.3 is 0 Å². The van der Waals surface area contributed by atoms with Crippen molar-refractivity contribution >= 4 is 0 Å². The summed E-state index contributed by atoms with van der Waals surface area (Å²) in [7, 11) is 0. The number of aliphatic hydroxyl groups is 1. The Balaban J connectivity index is 0.000000261. The number of hydrogen-bond donors (Lipinski definition) is 1. The SMILES string of the molecule is CC1(C#N)CC=CC1.CCCO. The van der Waals surface area contributed by atoms with Crippen LogP contribution in [0.5, 0.6) is 0 Å². The van der Waals surface area contributed by atoms with Gasteiger partial charge in [0.2, 0.25) is 0 Å². The van der Waals surface area contributed by atoms with Crippen LogP contribution in [0.4, 0.5) is 0 Å². The minimum absolute atomic E-state index is 0.0694. The largest absolute Gasteiger partial charge is 0.396 e. The van der Waals surface area contributed by atoms with Crippen LogP contribution >= 0.6 is 0 Å². The van der Waals surface area contributed by atoms with Crippen LogP contribution in [0.25, 0.3) is 0 Å². The standard InChI is InChI=1S/C7H9N.C3H8O/c1-7(6-8)4-2-3-5-7;1-2-3-4/h2-3H,4-5H2,1H3;4H,2-3H2,1H3. The molecule has 1 aliphatic rings. The van der Waals surface area contributed by atoms with Crippen LogP contribution in [-0.4, -0.2) is 11.7 Å². The van der Waals surface area contributed by atoms with Gasteiger partial charge in [0.05, 0.1) is 11.5 Å². The molecule has 2 nitrogen and oxygen atoms in total. The van der Waals surface area contributed by atoms with Crippen molar-refractivity contribution in [1.29, 1.82) is 5.26 Å². The molecular formula is C10H17NO. The van der Waals surface area contributed by atoms with Crippen molar-refractivity contribution in [1.82, 2.24) is 0 Å². The van der Waals surface area contributed by atoms with E-state index in [-0.39, 0.29) is 5.41 Å². The zero-order chi connectivity index (χ0) is 9.45. The topological polar surface area (TPSA) is 44.0 Å². The van der Waals surface area contributed by atoms with Crippen molar-refractivity contribution in [2.75, 3.05) is 6.61 Å². The lowest BCUT2D eigenvalue weighted by molar-refractivity contribution is 0.295. The number of aliphatic hydroxyl groups excluding tert-OH is 1. The maximum absolute atomic E-state index is 8.54. The quantitative estimate of drug-likeness (QED) is 0.609. The predicted molar refractivity (Wildman–Crippen MR) is 49.5 cm³/mol. The highest BCUT2D eigenvalue weighted by Crippen LogP contribution is 2.30. The summed E-state index contributed by atoms with van der Waals surface area (Å²) in [5, 5.41) is 16.4. The highest BCUT2D eigenvalue weighted by atomic mass is 16.2. The molecule has 1 N–H and O–H groups in total. The van der Waals surface area contributed by atoms with E-state index in [4.69, 9.17) is 10.4 Å². The maximum Gasteiger partial charge on any atom is 0.0693 e. The molecule has 1 aliphatic carbocycles. The van der Waals surface area contributed by atoms with Gasteiger partial charge in [-0.05, 0) is 26.2 Å². The normalized spacial score (nSPS) is 17.8. The molecule has 0 atom stereocenters. The van der Waals surface area contributed by atoms with Crippen molar-refractivity contribution in [3.8, 4) is 6.07 Å². The second kappa shape index (κ2) is 5.79. The first-order valence-corrected chi connectivity index (χ1v) is 4.35. The van der Waals surface area contributed by atoms with Crippen LogP contribution in [0, 0.1) is 16.7 Å². The number of nitriles is 1. The van der Waals surface area contributed by atoms with Gasteiger partial charge in [0, 0.05) is 6.61 Å². The van der Waals surface area contributed by atoms with Crippen LogP contribution in [0.15, 0.2) is 12.2 Å². The zero-order valence-electron chi connectivity index (χ0n) is 7.88. The van der Waals surface area contributed by atoms with Gasteiger partial charge in [0.25, 0.3) is 0 Å². The van der Waals surface area contributed by atoms with Crippen molar-refractivity contribution in [2.24, 2.45) is 5.41 Å². The Morgan fingerprint density at radius 2 is 1.92 bits per heavy atom. The average molecular weight is 167 g/mol. The third kappa shape index (κ3) is 4.15. The molecule has 0 heterocycles. The van der Waals surface area contributed by atoms with Gasteiger partial charge in [-0.3, -0.25) is 0 Å². The Morgan fingerprint density at radius 1 is 1.50 bits per heavy atom. The zero-order valence-corrected chi connectivity index (χ0v) is 7.88. The van der Waals surface area contributed by atoms with E-state index in [9.17, 15) is 0 Å². The van der Waals surface area contributed by atoms with Gasteiger partial charge in [-0.1, -0.05) is 19.1 Å². The average Bonchev–Trinajstić information content (AvgIpc) is 2.54. The maximum atomic E-state index is 8.54. The number of allylic oxidation sites excluding steroid dienone is 2. The Hall–Kier alpha value is -0.810. The van der Waals surface area contributed by atoms with Crippen molar-refractivity contribution in [2.45, 2.75) is 33.1 Å². The molecule has 0 saturated carbocycles. The molecule has 2 heteroatoms. The molecule has 0 spiro atoms. The lowest BCUT2D eigenvalue weighted by atomic mass is 9.90. The monoisotopic (exact) mass is 167 g/mol. The molecule has 0 amide bonds. The lowest BCUT2D eigenvalue weighted by Crippen LogP contribution is -2.06. The molecule has 0 radical (unpaired) electrons. The summed E-state index contributed by atoms with van der Waals surface area (Å²) in [5.74, 6) is 0. The third-order valence-electron chi connectivity index (χ3n) is 1.80. The fraction of sp³-hybridized carbons (Fsp3) is 0.700. The molecule has 0 aromatic rings. The fourth-order valence-electron chi connectivity index (χ4n) is 0.862.